The average Bonchev–Trinajstić information content (AvgIpc) is 2.88. The summed E-state index contributed by atoms with van der Waals surface area (Å²) in [5.74, 6) is -0.126. The molecule has 4 nitrogen and oxygen atoms in total. The van der Waals surface area contributed by atoms with Crippen LogP contribution in [0.5, 0.6) is 0 Å². The van der Waals surface area contributed by atoms with Gasteiger partial charge in [-0.15, -0.1) is 12.4 Å². The van der Waals surface area contributed by atoms with E-state index in [1.54, 1.807) is 6.92 Å². The second-order valence-corrected chi connectivity index (χ2v) is 7.58. The Morgan fingerprint density at radius 1 is 1.33 bits per heavy atom. The zero-order valence-corrected chi connectivity index (χ0v) is 13.5. The van der Waals surface area contributed by atoms with E-state index in [9.17, 15) is 12.8 Å². The van der Waals surface area contributed by atoms with E-state index in [1.165, 1.54) is 16.4 Å². The molecule has 0 radical (unpaired) electrons. The van der Waals surface area contributed by atoms with Gasteiger partial charge in [-0.2, -0.15) is 4.31 Å². The van der Waals surface area contributed by atoms with Gasteiger partial charge in [-0.05, 0) is 49.9 Å². The summed E-state index contributed by atoms with van der Waals surface area (Å²) in [4.78, 5) is 0.0990. The Bertz CT molecular complexity index is 623. The van der Waals surface area contributed by atoms with E-state index in [-0.39, 0.29) is 17.3 Å². The van der Waals surface area contributed by atoms with Gasteiger partial charge < -0.3 is 5.32 Å². The van der Waals surface area contributed by atoms with E-state index in [2.05, 4.69) is 5.32 Å². The molecule has 0 aromatic heterocycles. The van der Waals surface area contributed by atoms with Crippen molar-refractivity contribution in [1.29, 1.82) is 0 Å². The van der Waals surface area contributed by atoms with Crippen molar-refractivity contribution in [3.63, 3.8) is 0 Å². The van der Waals surface area contributed by atoms with E-state index < -0.39 is 15.8 Å². The number of hydrogen-bond donors (Lipinski definition) is 1. The number of nitrogens with one attached hydrogen (secondary N) is 1. The SMILES string of the molecule is Cc1ccc(F)cc1S(=O)(=O)N1CCC2NCCC2C1.Cl. The molecule has 3 rings (SSSR count). The fourth-order valence-corrected chi connectivity index (χ4v) is 4.97. The Morgan fingerprint density at radius 2 is 2.10 bits per heavy atom. The van der Waals surface area contributed by atoms with Gasteiger partial charge >= 0.3 is 0 Å². The standard InChI is InChI=1S/C14H19FN2O2S.ClH/c1-10-2-3-12(15)8-14(10)20(18,19)17-7-5-13-11(9-17)4-6-16-13;/h2-3,8,11,13,16H,4-7,9H2,1H3;1H. The van der Waals surface area contributed by atoms with Crippen molar-refractivity contribution in [2.75, 3.05) is 19.6 Å². The predicted molar refractivity (Wildman–Crippen MR) is 81.7 cm³/mol. The summed E-state index contributed by atoms with van der Waals surface area (Å²) in [7, 11) is -3.59. The molecule has 0 spiro atoms. The van der Waals surface area contributed by atoms with Gasteiger partial charge in [0.05, 0.1) is 4.90 Å². The number of nitrogens with zero attached hydrogens (tertiary/aromatic N) is 1. The van der Waals surface area contributed by atoms with E-state index >= 15 is 0 Å². The molecular formula is C14H20ClFN2O2S. The Hall–Kier alpha value is -0.690. The molecule has 0 bridgehead atoms. The van der Waals surface area contributed by atoms with Crippen molar-refractivity contribution in [2.24, 2.45) is 5.92 Å². The van der Waals surface area contributed by atoms with Crippen LogP contribution in [0, 0.1) is 18.7 Å². The number of piperidine rings is 1. The van der Waals surface area contributed by atoms with Crippen LogP contribution < -0.4 is 5.32 Å². The van der Waals surface area contributed by atoms with E-state index in [0.717, 1.165) is 25.5 Å². The topological polar surface area (TPSA) is 49.4 Å². The summed E-state index contributed by atoms with van der Waals surface area (Å²) < 4.78 is 40.3. The van der Waals surface area contributed by atoms with Crippen molar-refractivity contribution in [3.8, 4) is 0 Å². The maximum Gasteiger partial charge on any atom is 0.243 e. The number of hydrogen-bond acceptors (Lipinski definition) is 3. The molecule has 0 aliphatic carbocycles. The lowest BCUT2D eigenvalue weighted by molar-refractivity contribution is 0.247. The molecule has 2 aliphatic heterocycles. The molecular weight excluding hydrogens is 315 g/mol. The zero-order chi connectivity index (χ0) is 14.3. The average molecular weight is 335 g/mol. The Morgan fingerprint density at radius 3 is 2.86 bits per heavy atom. The van der Waals surface area contributed by atoms with E-state index in [1.807, 2.05) is 0 Å². The zero-order valence-electron chi connectivity index (χ0n) is 11.9. The molecule has 21 heavy (non-hydrogen) atoms. The van der Waals surface area contributed by atoms with Crippen LogP contribution in [-0.2, 0) is 10.0 Å². The molecule has 1 N–H and O–H groups in total. The first kappa shape index (κ1) is 16.7. The Balaban J connectivity index is 0.00000161. The summed E-state index contributed by atoms with van der Waals surface area (Å²) in [6, 6.07) is 4.38. The molecule has 1 aromatic carbocycles. The summed E-state index contributed by atoms with van der Waals surface area (Å²) >= 11 is 0. The monoisotopic (exact) mass is 334 g/mol. The molecule has 1 aromatic rings. The maximum atomic E-state index is 13.4. The van der Waals surface area contributed by atoms with Gasteiger partial charge in [-0.25, -0.2) is 12.8 Å². The normalized spacial score (nSPS) is 26.2. The molecule has 7 heteroatoms. The molecule has 2 aliphatic rings. The van der Waals surface area contributed by atoms with Crippen LogP contribution in [0.4, 0.5) is 4.39 Å². The van der Waals surface area contributed by atoms with Crippen LogP contribution >= 0.6 is 12.4 Å². The maximum absolute atomic E-state index is 13.4. The lowest BCUT2D eigenvalue weighted by atomic mass is 9.95. The third kappa shape index (κ3) is 3.08. The molecule has 2 unspecified atom stereocenters. The first-order valence-electron chi connectivity index (χ1n) is 6.98. The lowest BCUT2D eigenvalue weighted by Gasteiger charge is -2.34. The number of benzene rings is 1. The van der Waals surface area contributed by atoms with Crippen LogP contribution in [-0.4, -0.2) is 38.4 Å². The fourth-order valence-electron chi connectivity index (χ4n) is 3.22. The van der Waals surface area contributed by atoms with Crippen LogP contribution in [0.15, 0.2) is 23.1 Å². The number of sulfonamides is 1. The van der Waals surface area contributed by atoms with Crippen LogP contribution in [0.3, 0.4) is 0 Å². The van der Waals surface area contributed by atoms with E-state index in [4.69, 9.17) is 0 Å². The quantitative estimate of drug-likeness (QED) is 0.899. The summed E-state index contributed by atoms with van der Waals surface area (Å²) in [6.45, 7) is 3.71. The number of aryl methyl sites for hydroxylation is 1. The van der Waals surface area contributed by atoms with Gasteiger partial charge in [0.25, 0.3) is 0 Å². The Labute approximate surface area is 131 Å². The third-order valence-corrected chi connectivity index (χ3v) is 6.39. The highest BCUT2D eigenvalue weighted by Crippen LogP contribution is 2.29. The smallest absolute Gasteiger partial charge is 0.243 e. The minimum absolute atomic E-state index is 0. The number of halogens is 2. The fraction of sp³-hybridized carbons (Fsp3) is 0.571. The van der Waals surface area contributed by atoms with Gasteiger partial charge in [0.1, 0.15) is 5.82 Å². The minimum atomic E-state index is -3.59. The highest BCUT2D eigenvalue weighted by atomic mass is 35.5. The van der Waals surface area contributed by atoms with Crippen LogP contribution in [0.25, 0.3) is 0 Å². The molecule has 2 heterocycles. The highest BCUT2D eigenvalue weighted by Gasteiger charge is 2.38. The van der Waals surface area contributed by atoms with Gasteiger partial charge in [-0.3, -0.25) is 0 Å². The second-order valence-electron chi connectivity index (χ2n) is 5.67. The van der Waals surface area contributed by atoms with Crippen LogP contribution in [0.1, 0.15) is 18.4 Å². The number of rotatable bonds is 2. The van der Waals surface area contributed by atoms with Crippen molar-refractivity contribution in [2.45, 2.75) is 30.7 Å². The van der Waals surface area contributed by atoms with Crippen molar-refractivity contribution in [1.82, 2.24) is 9.62 Å². The first-order chi connectivity index (χ1) is 9.48. The number of fused-ring (bicyclic) bond motifs is 1. The van der Waals surface area contributed by atoms with Crippen LogP contribution in [0.2, 0.25) is 0 Å². The lowest BCUT2D eigenvalue weighted by Crippen LogP contribution is -2.46. The molecule has 0 saturated carbocycles. The van der Waals surface area contributed by atoms with Crippen molar-refractivity contribution < 1.29 is 12.8 Å². The second kappa shape index (κ2) is 6.20. The van der Waals surface area contributed by atoms with Gasteiger partial charge in [0.15, 0.2) is 0 Å². The molecule has 2 saturated heterocycles. The molecule has 0 amide bonds. The molecule has 118 valence electrons. The summed E-state index contributed by atoms with van der Waals surface area (Å²) in [5, 5.41) is 3.41. The third-order valence-electron chi connectivity index (χ3n) is 4.39. The van der Waals surface area contributed by atoms with Crippen molar-refractivity contribution >= 4 is 22.4 Å². The summed E-state index contributed by atoms with van der Waals surface area (Å²) in [6.07, 6.45) is 1.84. The largest absolute Gasteiger partial charge is 0.314 e. The van der Waals surface area contributed by atoms with Gasteiger partial charge in [0, 0.05) is 19.1 Å². The highest BCUT2D eigenvalue weighted by molar-refractivity contribution is 7.89. The molecule has 2 atom stereocenters. The van der Waals surface area contributed by atoms with Crippen molar-refractivity contribution in [3.05, 3.63) is 29.6 Å². The van der Waals surface area contributed by atoms with E-state index in [0.29, 0.717) is 30.6 Å². The molecule has 2 fully saturated rings. The minimum Gasteiger partial charge on any atom is -0.314 e. The van der Waals surface area contributed by atoms with Gasteiger partial charge in [0.2, 0.25) is 10.0 Å². The summed E-state index contributed by atoms with van der Waals surface area (Å²) in [5.41, 5.74) is 0.595. The van der Waals surface area contributed by atoms with Gasteiger partial charge in [-0.1, -0.05) is 6.07 Å². The first-order valence-corrected chi connectivity index (χ1v) is 8.42. The predicted octanol–water partition coefficient (Wildman–Crippen LogP) is 1.93. The Kier molecular flexibility index (Phi) is 4.92.